The standard InChI is InChI=1S/C25H23N3O3/c1-3-28(20-9-5-4-6-10-20)23(29)17-30-22-12-8-7-11-21(22)25-26-24(27-31-25)19-15-13-18(2)14-16-19/h4-16H,3,17H2,1-2H3. The lowest BCUT2D eigenvalue weighted by atomic mass is 10.1. The number of hydrogen-bond donors (Lipinski definition) is 0. The first-order valence-corrected chi connectivity index (χ1v) is 10.1. The van der Waals surface area contributed by atoms with Crippen LogP contribution in [0.4, 0.5) is 5.69 Å². The number of carbonyl (C=O) groups excluding carboxylic acids is 1. The summed E-state index contributed by atoms with van der Waals surface area (Å²) in [5.41, 5.74) is 3.51. The van der Waals surface area contributed by atoms with Crippen molar-refractivity contribution in [3.63, 3.8) is 0 Å². The van der Waals surface area contributed by atoms with Crippen molar-refractivity contribution < 1.29 is 14.1 Å². The molecule has 4 rings (SSSR count). The van der Waals surface area contributed by atoms with Crippen LogP contribution >= 0.6 is 0 Å². The van der Waals surface area contributed by atoms with Gasteiger partial charge in [-0.05, 0) is 38.1 Å². The average Bonchev–Trinajstić information content (AvgIpc) is 3.30. The number of anilines is 1. The Balaban J connectivity index is 1.52. The SMILES string of the molecule is CCN(C(=O)COc1ccccc1-c1nc(-c2ccc(C)cc2)no1)c1ccccc1. The van der Waals surface area contributed by atoms with Crippen molar-refractivity contribution in [2.45, 2.75) is 13.8 Å². The highest BCUT2D eigenvalue weighted by Gasteiger charge is 2.18. The van der Waals surface area contributed by atoms with Crippen molar-refractivity contribution in [3.05, 3.63) is 84.4 Å². The molecular formula is C25H23N3O3. The molecule has 4 aromatic rings. The molecule has 6 nitrogen and oxygen atoms in total. The monoisotopic (exact) mass is 413 g/mol. The topological polar surface area (TPSA) is 68.5 Å². The number of likely N-dealkylation sites (N-methyl/N-ethyl adjacent to an activating group) is 1. The third-order valence-corrected chi connectivity index (χ3v) is 4.89. The van der Waals surface area contributed by atoms with Crippen molar-refractivity contribution in [2.75, 3.05) is 18.1 Å². The van der Waals surface area contributed by atoms with E-state index in [0.717, 1.165) is 16.8 Å². The van der Waals surface area contributed by atoms with Gasteiger partial charge in [0.25, 0.3) is 11.8 Å². The highest BCUT2D eigenvalue weighted by molar-refractivity contribution is 5.94. The predicted octanol–water partition coefficient (Wildman–Crippen LogP) is 5.14. The van der Waals surface area contributed by atoms with Crippen LogP contribution in [0.15, 0.2) is 83.4 Å². The molecule has 0 unspecified atom stereocenters. The lowest BCUT2D eigenvalue weighted by Gasteiger charge is -2.21. The number of para-hydroxylation sites is 2. The third kappa shape index (κ3) is 4.64. The van der Waals surface area contributed by atoms with E-state index in [1.807, 2.05) is 86.6 Å². The van der Waals surface area contributed by atoms with Crippen LogP contribution in [0, 0.1) is 6.92 Å². The number of nitrogens with zero attached hydrogens (tertiary/aromatic N) is 3. The summed E-state index contributed by atoms with van der Waals surface area (Å²) in [6.07, 6.45) is 0. The van der Waals surface area contributed by atoms with Gasteiger partial charge in [0.05, 0.1) is 5.56 Å². The van der Waals surface area contributed by atoms with Gasteiger partial charge in [-0.3, -0.25) is 4.79 Å². The molecule has 156 valence electrons. The van der Waals surface area contributed by atoms with Crippen LogP contribution in [0.5, 0.6) is 5.75 Å². The maximum atomic E-state index is 12.8. The van der Waals surface area contributed by atoms with E-state index in [2.05, 4.69) is 10.1 Å². The molecule has 0 atom stereocenters. The molecular weight excluding hydrogens is 390 g/mol. The fourth-order valence-electron chi connectivity index (χ4n) is 3.25. The van der Waals surface area contributed by atoms with Crippen molar-refractivity contribution in [3.8, 4) is 28.6 Å². The van der Waals surface area contributed by atoms with Crippen LogP contribution in [-0.4, -0.2) is 29.2 Å². The highest BCUT2D eigenvalue weighted by atomic mass is 16.5. The molecule has 0 N–H and O–H groups in total. The van der Waals surface area contributed by atoms with E-state index in [0.29, 0.717) is 29.6 Å². The zero-order valence-corrected chi connectivity index (χ0v) is 17.5. The van der Waals surface area contributed by atoms with Gasteiger partial charge in [-0.2, -0.15) is 4.98 Å². The number of amides is 1. The predicted molar refractivity (Wildman–Crippen MR) is 120 cm³/mol. The Morgan fingerprint density at radius 1 is 0.968 bits per heavy atom. The third-order valence-electron chi connectivity index (χ3n) is 4.89. The van der Waals surface area contributed by atoms with Crippen molar-refractivity contribution in [1.82, 2.24) is 10.1 Å². The summed E-state index contributed by atoms with van der Waals surface area (Å²) in [5, 5.41) is 4.09. The lowest BCUT2D eigenvalue weighted by molar-refractivity contribution is -0.120. The first kappa shape index (κ1) is 20.3. The molecule has 1 aromatic heterocycles. The molecule has 0 aliphatic carbocycles. The minimum atomic E-state index is -0.130. The van der Waals surface area contributed by atoms with E-state index < -0.39 is 0 Å². The Kier molecular flexibility index (Phi) is 6.08. The molecule has 0 aliphatic rings. The number of aryl methyl sites for hydroxylation is 1. The minimum Gasteiger partial charge on any atom is -0.483 e. The maximum absolute atomic E-state index is 12.8. The molecule has 0 saturated heterocycles. The number of benzene rings is 3. The second kappa shape index (κ2) is 9.26. The fourth-order valence-corrected chi connectivity index (χ4v) is 3.25. The summed E-state index contributed by atoms with van der Waals surface area (Å²) in [7, 11) is 0. The molecule has 0 bridgehead atoms. The summed E-state index contributed by atoms with van der Waals surface area (Å²) < 4.78 is 11.4. The van der Waals surface area contributed by atoms with Crippen molar-refractivity contribution in [1.29, 1.82) is 0 Å². The second-order valence-electron chi connectivity index (χ2n) is 7.05. The lowest BCUT2D eigenvalue weighted by Crippen LogP contribution is -2.34. The molecule has 0 fully saturated rings. The summed E-state index contributed by atoms with van der Waals surface area (Å²) in [5.74, 6) is 1.23. The van der Waals surface area contributed by atoms with Gasteiger partial charge in [-0.15, -0.1) is 0 Å². The normalized spacial score (nSPS) is 10.6. The van der Waals surface area contributed by atoms with Gasteiger partial charge in [0.1, 0.15) is 5.75 Å². The Morgan fingerprint density at radius 3 is 2.42 bits per heavy atom. The van der Waals surface area contributed by atoms with Gasteiger partial charge in [0, 0.05) is 17.8 Å². The van der Waals surface area contributed by atoms with Gasteiger partial charge in [0.2, 0.25) is 5.82 Å². The number of aromatic nitrogens is 2. The maximum Gasteiger partial charge on any atom is 0.264 e. The van der Waals surface area contributed by atoms with Crippen LogP contribution in [0.1, 0.15) is 12.5 Å². The van der Waals surface area contributed by atoms with Gasteiger partial charge >= 0.3 is 0 Å². The van der Waals surface area contributed by atoms with Crippen LogP contribution < -0.4 is 9.64 Å². The molecule has 6 heteroatoms. The number of carbonyl (C=O) groups is 1. The Labute approximate surface area is 181 Å². The molecule has 1 amide bonds. The largest absolute Gasteiger partial charge is 0.483 e. The van der Waals surface area contributed by atoms with Crippen LogP contribution in [0.25, 0.3) is 22.8 Å². The van der Waals surface area contributed by atoms with Crippen LogP contribution in [0.2, 0.25) is 0 Å². The molecule has 0 spiro atoms. The van der Waals surface area contributed by atoms with Crippen LogP contribution in [-0.2, 0) is 4.79 Å². The molecule has 0 aliphatic heterocycles. The van der Waals surface area contributed by atoms with E-state index in [1.54, 1.807) is 11.0 Å². The first-order chi connectivity index (χ1) is 15.2. The number of rotatable bonds is 7. The molecule has 1 heterocycles. The highest BCUT2D eigenvalue weighted by Crippen LogP contribution is 2.30. The molecule has 3 aromatic carbocycles. The van der Waals surface area contributed by atoms with Crippen molar-refractivity contribution in [2.24, 2.45) is 0 Å². The van der Waals surface area contributed by atoms with Crippen LogP contribution in [0.3, 0.4) is 0 Å². The molecule has 0 radical (unpaired) electrons. The fraction of sp³-hybridized carbons (Fsp3) is 0.160. The van der Waals surface area contributed by atoms with Crippen molar-refractivity contribution >= 4 is 11.6 Å². The summed E-state index contributed by atoms with van der Waals surface area (Å²) >= 11 is 0. The summed E-state index contributed by atoms with van der Waals surface area (Å²) in [6, 6.07) is 24.8. The van der Waals surface area contributed by atoms with E-state index in [9.17, 15) is 4.79 Å². The second-order valence-corrected chi connectivity index (χ2v) is 7.05. The minimum absolute atomic E-state index is 0.0985. The zero-order chi connectivity index (χ0) is 21.6. The van der Waals surface area contributed by atoms with Gasteiger partial charge in [-0.25, -0.2) is 0 Å². The van der Waals surface area contributed by atoms with E-state index in [4.69, 9.17) is 9.26 Å². The van der Waals surface area contributed by atoms with Gasteiger partial charge in [-0.1, -0.05) is 65.3 Å². The Bertz CT molecular complexity index is 1150. The van der Waals surface area contributed by atoms with E-state index in [1.165, 1.54) is 0 Å². The molecule has 31 heavy (non-hydrogen) atoms. The summed E-state index contributed by atoms with van der Waals surface area (Å²) in [6.45, 7) is 4.41. The quantitative estimate of drug-likeness (QED) is 0.419. The smallest absolute Gasteiger partial charge is 0.264 e. The van der Waals surface area contributed by atoms with Gasteiger partial charge in [0.15, 0.2) is 6.61 Å². The Morgan fingerprint density at radius 2 is 1.68 bits per heavy atom. The van der Waals surface area contributed by atoms with Gasteiger partial charge < -0.3 is 14.2 Å². The average molecular weight is 413 g/mol. The number of hydrogen-bond acceptors (Lipinski definition) is 5. The zero-order valence-electron chi connectivity index (χ0n) is 17.5. The number of ether oxygens (including phenoxy) is 1. The van der Waals surface area contributed by atoms with E-state index in [-0.39, 0.29) is 12.5 Å². The molecule has 0 saturated carbocycles. The summed E-state index contributed by atoms with van der Waals surface area (Å²) in [4.78, 5) is 19.0. The van der Waals surface area contributed by atoms with E-state index >= 15 is 0 Å². The first-order valence-electron chi connectivity index (χ1n) is 10.1. The Hall–Kier alpha value is -3.93.